The lowest BCUT2D eigenvalue weighted by molar-refractivity contribution is 0.0549. The second-order valence-corrected chi connectivity index (χ2v) is 7.27. The number of hydrogen-bond donors (Lipinski definition) is 2. The lowest BCUT2D eigenvalue weighted by Gasteiger charge is -2.29. The quantitative estimate of drug-likeness (QED) is 0.510. The Morgan fingerprint density at radius 2 is 1.79 bits per heavy atom. The first-order valence-corrected chi connectivity index (χ1v) is 10.1. The third-order valence-corrected chi connectivity index (χ3v) is 5.20. The van der Waals surface area contributed by atoms with E-state index < -0.39 is 12.2 Å². The summed E-state index contributed by atoms with van der Waals surface area (Å²) in [7, 11) is 0. The van der Waals surface area contributed by atoms with E-state index in [1.165, 1.54) is 25.3 Å². The van der Waals surface area contributed by atoms with Crippen LogP contribution in [0.15, 0.2) is 42.5 Å². The molecule has 6 heteroatoms. The van der Waals surface area contributed by atoms with Crippen LogP contribution in [0, 0.1) is 6.92 Å². The van der Waals surface area contributed by atoms with Crippen molar-refractivity contribution in [1.82, 2.24) is 0 Å². The Bertz CT molecular complexity index is 858. The molecule has 1 aliphatic rings. The smallest absolute Gasteiger partial charge is 0.335 e. The molecule has 2 aromatic rings. The van der Waals surface area contributed by atoms with Crippen molar-refractivity contribution in [2.75, 3.05) is 29.9 Å². The summed E-state index contributed by atoms with van der Waals surface area (Å²) in [5.41, 5.74) is 3.22. The highest BCUT2D eigenvalue weighted by Crippen LogP contribution is 2.22. The second-order valence-electron chi connectivity index (χ2n) is 7.27. The molecular formula is C23H28N2O4. The van der Waals surface area contributed by atoms with E-state index in [0.717, 1.165) is 18.8 Å². The molecule has 1 heterocycles. The zero-order chi connectivity index (χ0) is 20.8. The number of carboxylic acids is 1. The summed E-state index contributed by atoms with van der Waals surface area (Å²) in [6.07, 6.45) is 2.85. The standard InChI is InChI=1S/C23H28N2O4/c1-3-29-22(24-18-9-12-20(23(27)28)16(2)15-18)21(26)17-7-10-19(11-8-17)25-13-5-4-6-14-25/h7-12,15,22,24H,3-6,13-14H2,1-2H3,(H,27,28). The number of aryl methyl sites for hydroxylation is 1. The van der Waals surface area contributed by atoms with Gasteiger partial charge in [-0.2, -0.15) is 0 Å². The molecule has 0 saturated carbocycles. The number of carbonyl (C=O) groups is 2. The van der Waals surface area contributed by atoms with Crippen molar-refractivity contribution in [2.24, 2.45) is 0 Å². The topological polar surface area (TPSA) is 78.9 Å². The minimum Gasteiger partial charge on any atom is -0.478 e. The Morgan fingerprint density at radius 1 is 1.10 bits per heavy atom. The first kappa shape index (κ1) is 20.9. The highest BCUT2D eigenvalue weighted by atomic mass is 16.5. The van der Waals surface area contributed by atoms with Crippen molar-refractivity contribution in [3.8, 4) is 0 Å². The molecule has 0 radical (unpaired) electrons. The van der Waals surface area contributed by atoms with Crippen molar-refractivity contribution in [2.45, 2.75) is 39.3 Å². The van der Waals surface area contributed by atoms with E-state index in [9.17, 15) is 14.7 Å². The summed E-state index contributed by atoms with van der Waals surface area (Å²) in [6, 6.07) is 12.6. The van der Waals surface area contributed by atoms with Crippen LogP contribution < -0.4 is 10.2 Å². The number of benzene rings is 2. The van der Waals surface area contributed by atoms with E-state index >= 15 is 0 Å². The highest BCUT2D eigenvalue weighted by molar-refractivity contribution is 6.01. The minimum absolute atomic E-state index is 0.156. The van der Waals surface area contributed by atoms with Gasteiger partial charge in [-0.1, -0.05) is 0 Å². The molecule has 0 aromatic heterocycles. The number of carboxylic acid groups (broad SMARTS) is 1. The molecule has 1 aliphatic heterocycles. The molecule has 1 fully saturated rings. The number of nitrogens with one attached hydrogen (secondary N) is 1. The molecule has 29 heavy (non-hydrogen) atoms. The minimum atomic E-state index is -0.972. The van der Waals surface area contributed by atoms with Gasteiger partial charge in [-0.3, -0.25) is 4.79 Å². The predicted molar refractivity (Wildman–Crippen MR) is 114 cm³/mol. The fourth-order valence-electron chi connectivity index (χ4n) is 3.63. The Kier molecular flexibility index (Phi) is 6.88. The van der Waals surface area contributed by atoms with Crippen LogP contribution in [0.5, 0.6) is 0 Å². The predicted octanol–water partition coefficient (Wildman–Crippen LogP) is 4.34. The van der Waals surface area contributed by atoms with Gasteiger partial charge in [-0.05, 0) is 81.1 Å². The van der Waals surface area contributed by atoms with Gasteiger partial charge in [-0.25, -0.2) is 4.79 Å². The Hall–Kier alpha value is -2.86. The molecule has 0 aliphatic carbocycles. The average Bonchev–Trinajstić information content (AvgIpc) is 2.73. The maximum absolute atomic E-state index is 13.0. The van der Waals surface area contributed by atoms with E-state index in [4.69, 9.17) is 4.74 Å². The third-order valence-electron chi connectivity index (χ3n) is 5.20. The summed E-state index contributed by atoms with van der Waals surface area (Å²) in [6.45, 7) is 6.05. The van der Waals surface area contributed by atoms with Crippen LogP contribution in [-0.2, 0) is 4.74 Å². The lowest BCUT2D eigenvalue weighted by Crippen LogP contribution is -2.33. The number of piperidine rings is 1. The first-order chi connectivity index (χ1) is 14.0. The molecule has 0 spiro atoms. The zero-order valence-electron chi connectivity index (χ0n) is 17.0. The summed E-state index contributed by atoms with van der Waals surface area (Å²) >= 11 is 0. The fourth-order valence-corrected chi connectivity index (χ4v) is 3.63. The molecule has 3 rings (SSSR count). The summed E-state index contributed by atoms with van der Waals surface area (Å²) in [5.74, 6) is -1.13. The Labute approximate surface area is 171 Å². The van der Waals surface area contributed by atoms with Crippen molar-refractivity contribution >= 4 is 23.1 Å². The van der Waals surface area contributed by atoms with Crippen LogP contribution in [-0.4, -0.2) is 42.8 Å². The zero-order valence-corrected chi connectivity index (χ0v) is 17.0. The first-order valence-electron chi connectivity index (χ1n) is 10.1. The van der Waals surface area contributed by atoms with Crippen LogP contribution in [0.2, 0.25) is 0 Å². The largest absolute Gasteiger partial charge is 0.478 e. The number of ketones is 1. The molecule has 1 saturated heterocycles. The van der Waals surface area contributed by atoms with Crippen molar-refractivity contribution in [3.05, 3.63) is 59.2 Å². The van der Waals surface area contributed by atoms with E-state index in [-0.39, 0.29) is 11.3 Å². The summed E-state index contributed by atoms with van der Waals surface area (Å²) in [5, 5.41) is 12.3. The molecule has 154 valence electrons. The van der Waals surface area contributed by atoms with Crippen molar-refractivity contribution in [3.63, 3.8) is 0 Å². The number of hydrogen-bond acceptors (Lipinski definition) is 5. The van der Waals surface area contributed by atoms with Gasteiger partial charge in [0.1, 0.15) is 0 Å². The number of nitrogens with zero attached hydrogens (tertiary/aromatic N) is 1. The van der Waals surface area contributed by atoms with Crippen LogP contribution in [0.4, 0.5) is 11.4 Å². The molecule has 2 aromatic carbocycles. The molecule has 1 atom stereocenters. The maximum atomic E-state index is 13.0. The van der Waals surface area contributed by atoms with Gasteiger partial charge in [-0.15, -0.1) is 0 Å². The molecule has 1 unspecified atom stereocenters. The number of ether oxygens (including phenoxy) is 1. The Morgan fingerprint density at radius 3 is 2.38 bits per heavy atom. The van der Waals surface area contributed by atoms with Gasteiger partial charge < -0.3 is 20.1 Å². The highest BCUT2D eigenvalue weighted by Gasteiger charge is 2.21. The number of aromatic carboxylic acids is 1. The lowest BCUT2D eigenvalue weighted by atomic mass is 10.1. The van der Waals surface area contributed by atoms with Crippen LogP contribution in [0.25, 0.3) is 0 Å². The van der Waals surface area contributed by atoms with Crippen molar-refractivity contribution < 1.29 is 19.4 Å². The average molecular weight is 396 g/mol. The number of carbonyl (C=O) groups excluding carboxylic acids is 1. The number of rotatable bonds is 8. The van der Waals surface area contributed by atoms with E-state index in [1.54, 1.807) is 19.1 Å². The molecular weight excluding hydrogens is 368 g/mol. The maximum Gasteiger partial charge on any atom is 0.335 e. The number of anilines is 2. The molecule has 0 amide bonds. The van der Waals surface area contributed by atoms with Crippen LogP contribution >= 0.6 is 0 Å². The second kappa shape index (κ2) is 9.56. The monoisotopic (exact) mass is 396 g/mol. The van der Waals surface area contributed by atoms with Crippen molar-refractivity contribution in [1.29, 1.82) is 0 Å². The number of Topliss-reactive ketones (excluding diaryl/α,β-unsaturated/α-hetero) is 1. The molecule has 0 bridgehead atoms. The fraction of sp³-hybridized carbons (Fsp3) is 0.391. The third kappa shape index (κ3) is 5.15. The van der Waals surface area contributed by atoms with Gasteiger partial charge in [0.2, 0.25) is 5.78 Å². The van der Waals surface area contributed by atoms with Crippen LogP contribution in [0.3, 0.4) is 0 Å². The summed E-state index contributed by atoms with van der Waals surface area (Å²) in [4.78, 5) is 26.5. The van der Waals surface area contributed by atoms with Gasteiger partial charge in [0.25, 0.3) is 0 Å². The normalized spacial score (nSPS) is 15.0. The summed E-state index contributed by atoms with van der Waals surface area (Å²) < 4.78 is 5.64. The van der Waals surface area contributed by atoms with Gasteiger partial charge >= 0.3 is 5.97 Å². The SMILES string of the molecule is CCOC(Nc1ccc(C(=O)O)c(C)c1)C(=O)c1ccc(N2CCCCC2)cc1. The van der Waals surface area contributed by atoms with E-state index in [1.807, 2.05) is 31.2 Å². The molecule has 2 N–H and O–H groups in total. The van der Waals surface area contributed by atoms with E-state index in [0.29, 0.717) is 23.4 Å². The van der Waals surface area contributed by atoms with Gasteiger partial charge in [0.15, 0.2) is 6.23 Å². The Balaban J connectivity index is 1.73. The van der Waals surface area contributed by atoms with E-state index in [2.05, 4.69) is 10.2 Å². The van der Waals surface area contributed by atoms with Gasteiger partial charge in [0, 0.05) is 36.6 Å². The van der Waals surface area contributed by atoms with Crippen LogP contribution in [0.1, 0.15) is 52.5 Å². The van der Waals surface area contributed by atoms with Gasteiger partial charge in [0.05, 0.1) is 5.56 Å². The molecule has 6 nitrogen and oxygen atoms in total.